The third-order valence-electron chi connectivity index (χ3n) is 2.20. The van der Waals surface area contributed by atoms with Gasteiger partial charge in [-0.3, -0.25) is 0 Å². The first-order valence-electron chi connectivity index (χ1n) is 4.68. The highest BCUT2D eigenvalue weighted by Gasteiger charge is 2.21. The maximum Gasteiger partial charge on any atom is 0.196 e. The Morgan fingerprint density at radius 1 is 1.38 bits per heavy atom. The van der Waals surface area contributed by atoms with Crippen LogP contribution in [-0.2, 0) is 11.8 Å². The van der Waals surface area contributed by atoms with Gasteiger partial charge in [0.05, 0.1) is 0 Å². The van der Waals surface area contributed by atoms with Gasteiger partial charge in [-0.25, -0.2) is 0 Å². The van der Waals surface area contributed by atoms with Gasteiger partial charge >= 0.3 is 0 Å². The summed E-state index contributed by atoms with van der Waals surface area (Å²) in [6, 6.07) is 3.85. The smallest absolute Gasteiger partial charge is 0.196 e. The summed E-state index contributed by atoms with van der Waals surface area (Å²) in [5.41, 5.74) is 2.08. The Labute approximate surface area is 79.8 Å². The van der Waals surface area contributed by atoms with Gasteiger partial charge in [-0.15, -0.1) is 0 Å². The van der Waals surface area contributed by atoms with Crippen LogP contribution in [0.25, 0.3) is 0 Å². The minimum Gasteiger partial charge on any atom is -0.618 e. The summed E-state index contributed by atoms with van der Waals surface area (Å²) in [5.74, 6) is 0. The fourth-order valence-corrected chi connectivity index (χ4v) is 1.55. The lowest BCUT2D eigenvalue weighted by atomic mass is 9.85. The lowest BCUT2D eigenvalue weighted by Crippen LogP contribution is -2.34. The zero-order chi connectivity index (χ0) is 10.1. The quantitative estimate of drug-likeness (QED) is 0.479. The SMILES string of the molecule is CCc1c(C(C)(C)C)ccc[n+]1[O-]. The van der Waals surface area contributed by atoms with Gasteiger partial charge in [-0.2, -0.15) is 4.73 Å². The maximum atomic E-state index is 11.4. The van der Waals surface area contributed by atoms with Crippen molar-refractivity contribution in [3.05, 3.63) is 34.8 Å². The standard InChI is InChI=1S/C11H17NO/c1-5-10-9(11(2,3)4)7-6-8-12(10)13/h6-8H,5H2,1-4H3. The zero-order valence-electron chi connectivity index (χ0n) is 8.79. The number of rotatable bonds is 1. The summed E-state index contributed by atoms with van der Waals surface area (Å²) in [6.07, 6.45) is 2.35. The second-order valence-electron chi connectivity index (χ2n) is 4.30. The molecule has 1 heterocycles. The van der Waals surface area contributed by atoms with Crippen molar-refractivity contribution in [1.29, 1.82) is 0 Å². The van der Waals surface area contributed by atoms with Crippen LogP contribution in [0.15, 0.2) is 18.3 Å². The highest BCUT2D eigenvalue weighted by atomic mass is 16.5. The van der Waals surface area contributed by atoms with Crippen LogP contribution in [-0.4, -0.2) is 0 Å². The number of hydrogen-bond acceptors (Lipinski definition) is 1. The minimum atomic E-state index is 0.0543. The molecule has 0 unspecified atom stereocenters. The van der Waals surface area contributed by atoms with E-state index in [2.05, 4.69) is 20.8 Å². The second kappa shape index (κ2) is 3.36. The normalized spacial score (nSPS) is 11.7. The minimum absolute atomic E-state index is 0.0543. The van der Waals surface area contributed by atoms with Crippen molar-refractivity contribution >= 4 is 0 Å². The molecule has 0 radical (unpaired) electrons. The number of nitrogens with zero attached hydrogens (tertiary/aromatic N) is 1. The molecule has 0 amide bonds. The van der Waals surface area contributed by atoms with E-state index in [1.165, 1.54) is 0 Å². The average Bonchev–Trinajstić information content (AvgIpc) is 2.02. The Morgan fingerprint density at radius 3 is 2.38 bits per heavy atom. The van der Waals surface area contributed by atoms with Gasteiger partial charge in [-0.05, 0) is 11.5 Å². The molecule has 1 aromatic rings. The van der Waals surface area contributed by atoms with Gasteiger partial charge in [0.25, 0.3) is 0 Å². The van der Waals surface area contributed by atoms with E-state index in [1.54, 1.807) is 6.20 Å². The van der Waals surface area contributed by atoms with E-state index in [0.29, 0.717) is 0 Å². The number of pyridine rings is 1. The van der Waals surface area contributed by atoms with Crippen molar-refractivity contribution in [3.63, 3.8) is 0 Å². The van der Waals surface area contributed by atoms with Gasteiger partial charge < -0.3 is 5.21 Å². The van der Waals surface area contributed by atoms with Crippen LogP contribution >= 0.6 is 0 Å². The number of hydrogen-bond donors (Lipinski definition) is 0. The molecule has 0 N–H and O–H groups in total. The lowest BCUT2D eigenvalue weighted by Gasteiger charge is -2.20. The van der Waals surface area contributed by atoms with Crippen molar-refractivity contribution < 1.29 is 4.73 Å². The summed E-state index contributed by atoms with van der Waals surface area (Å²) in [5, 5.41) is 11.4. The number of aromatic nitrogens is 1. The molecule has 0 aliphatic heterocycles. The molecule has 1 rings (SSSR count). The first kappa shape index (κ1) is 10.0. The molecule has 0 aliphatic carbocycles. The van der Waals surface area contributed by atoms with Crippen molar-refractivity contribution in [2.24, 2.45) is 0 Å². The Bertz CT molecular complexity index is 299. The van der Waals surface area contributed by atoms with E-state index < -0.39 is 0 Å². The van der Waals surface area contributed by atoms with Gasteiger partial charge in [0.1, 0.15) is 0 Å². The predicted octanol–water partition coefficient (Wildman–Crippen LogP) is 2.18. The van der Waals surface area contributed by atoms with E-state index in [0.717, 1.165) is 22.4 Å². The van der Waals surface area contributed by atoms with Crippen LogP contribution in [0.3, 0.4) is 0 Å². The summed E-state index contributed by atoms with van der Waals surface area (Å²) >= 11 is 0. The maximum absolute atomic E-state index is 11.4. The third kappa shape index (κ3) is 2.00. The largest absolute Gasteiger partial charge is 0.618 e. The van der Waals surface area contributed by atoms with Crippen molar-refractivity contribution in [1.82, 2.24) is 0 Å². The van der Waals surface area contributed by atoms with E-state index in [9.17, 15) is 5.21 Å². The van der Waals surface area contributed by atoms with Crippen LogP contribution < -0.4 is 4.73 Å². The van der Waals surface area contributed by atoms with Crippen LogP contribution in [0.1, 0.15) is 39.0 Å². The summed E-state index contributed by atoms with van der Waals surface area (Å²) in [4.78, 5) is 0. The van der Waals surface area contributed by atoms with Gasteiger partial charge in [0.15, 0.2) is 11.9 Å². The summed E-state index contributed by atoms with van der Waals surface area (Å²) in [6.45, 7) is 8.39. The Balaban J connectivity index is 3.29. The fraction of sp³-hybridized carbons (Fsp3) is 0.545. The molecule has 0 atom stereocenters. The van der Waals surface area contributed by atoms with Crippen LogP contribution in [0.5, 0.6) is 0 Å². The predicted molar refractivity (Wildman–Crippen MR) is 53.5 cm³/mol. The topological polar surface area (TPSA) is 26.9 Å². The average molecular weight is 179 g/mol. The molecule has 0 spiro atoms. The molecular weight excluding hydrogens is 162 g/mol. The summed E-state index contributed by atoms with van der Waals surface area (Å²) < 4.78 is 0.973. The molecule has 0 aromatic carbocycles. The Morgan fingerprint density at radius 2 is 2.00 bits per heavy atom. The first-order valence-corrected chi connectivity index (χ1v) is 4.68. The second-order valence-corrected chi connectivity index (χ2v) is 4.30. The molecule has 1 aromatic heterocycles. The molecule has 0 saturated heterocycles. The van der Waals surface area contributed by atoms with E-state index in [4.69, 9.17) is 0 Å². The molecule has 0 bridgehead atoms. The van der Waals surface area contributed by atoms with E-state index in [-0.39, 0.29) is 5.41 Å². The van der Waals surface area contributed by atoms with Crippen LogP contribution in [0.4, 0.5) is 0 Å². The van der Waals surface area contributed by atoms with Crippen molar-refractivity contribution in [2.75, 3.05) is 0 Å². The van der Waals surface area contributed by atoms with Crippen molar-refractivity contribution in [2.45, 2.75) is 39.5 Å². The first-order chi connectivity index (χ1) is 5.96. The van der Waals surface area contributed by atoms with Crippen LogP contribution in [0.2, 0.25) is 0 Å². The van der Waals surface area contributed by atoms with Gasteiger partial charge in [0.2, 0.25) is 0 Å². The molecule has 0 fully saturated rings. The van der Waals surface area contributed by atoms with E-state index >= 15 is 0 Å². The molecule has 13 heavy (non-hydrogen) atoms. The Kier molecular flexibility index (Phi) is 2.60. The van der Waals surface area contributed by atoms with Crippen LogP contribution in [0, 0.1) is 5.21 Å². The third-order valence-corrected chi connectivity index (χ3v) is 2.20. The molecule has 0 aliphatic rings. The zero-order valence-corrected chi connectivity index (χ0v) is 8.79. The highest BCUT2D eigenvalue weighted by Crippen LogP contribution is 2.23. The molecular formula is C11H17NO. The molecule has 0 saturated carbocycles. The highest BCUT2D eigenvalue weighted by molar-refractivity contribution is 5.24. The van der Waals surface area contributed by atoms with E-state index in [1.807, 2.05) is 19.1 Å². The fourth-order valence-electron chi connectivity index (χ4n) is 1.55. The monoisotopic (exact) mass is 179 g/mol. The molecule has 72 valence electrons. The molecule has 2 nitrogen and oxygen atoms in total. The molecule has 2 heteroatoms. The lowest BCUT2D eigenvalue weighted by molar-refractivity contribution is -0.614. The van der Waals surface area contributed by atoms with Crippen molar-refractivity contribution in [3.8, 4) is 0 Å². The van der Waals surface area contributed by atoms with Gasteiger partial charge in [-0.1, -0.05) is 27.7 Å². The van der Waals surface area contributed by atoms with Gasteiger partial charge in [0, 0.05) is 18.1 Å². The summed E-state index contributed by atoms with van der Waals surface area (Å²) in [7, 11) is 0. The Hall–Kier alpha value is -1.05.